The largest absolute Gasteiger partial charge is 0.378 e. The number of nitrogens with zero attached hydrogens (tertiary/aromatic N) is 5. The van der Waals surface area contributed by atoms with Gasteiger partial charge in [0.05, 0.1) is 30.0 Å². The molecule has 2 aromatic carbocycles. The number of nitrogens with one attached hydrogen (secondary N) is 2. The van der Waals surface area contributed by atoms with Gasteiger partial charge in [-0.05, 0) is 111 Å². The first-order valence-corrected chi connectivity index (χ1v) is 24.8. The van der Waals surface area contributed by atoms with Crippen molar-refractivity contribution in [3.63, 3.8) is 0 Å². The fourth-order valence-corrected chi connectivity index (χ4v) is 11.1. The molecule has 4 aliphatic heterocycles. The number of rotatable bonds is 12. The van der Waals surface area contributed by atoms with Gasteiger partial charge in [0.25, 0.3) is 5.91 Å². The number of carbonyl (C=O) groups is 5. The lowest BCUT2D eigenvalue weighted by Gasteiger charge is -2.42. The molecule has 69 heavy (non-hydrogen) atoms. The Morgan fingerprint density at radius 1 is 1.03 bits per heavy atom. The van der Waals surface area contributed by atoms with Crippen LogP contribution in [0.25, 0.3) is 27.6 Å². The second-order valence-corrected chi connectivity index (χ2v) is 20.9. The van der Waals surface area contributed by atoms with E-state index in [4.69, 9.17) is 14.5 Å². The summed E-state index contributed by atoms with van der Waals surface area (Å²) in [4.78, 5) is 77.6. The van der Waals surface area contributed by atoms with E-state index in [0.717, 1.165) is 69.2 Å². The molecule has 5 atom stereocenters. The van der Waals surface area contributed by atoms with Gasteiger partial charge in [-0.3, -0.25) is 29.2 Å². The fraction of sp³-hybridized carbons (Fsp3) is 0.527. The zero-order valence-corrected chi connectivity index (χ0v) is 42.1. The number of aryl methyl sites for hydroxylation is 1. The van der Waals surface area contributed by atoms with E-state index in [-0.39, 0.29) is 43.4 Å². The summed E-state index contributed by atoms with van der Waals surface area (Å²) in [5, 5.41) is 5.65. The number of hydrazine groups is 1. The monoisotopic (exact) mass is 944 g/mol. The number of likely N-dealkylation sites (N-methyl/N-ethyl adjacent to an activating group) is 1. The summed E-state index contributed by atoms with van der Waals surface area (Å²) in [5.74, 6) is -1.70. The number of aliphatic imine (C=N–C) groups is 1. The van der Waals surface area contributed by atoms with Crippen LogP contribution < -0.4 is 10.7 Å². The van der Waals surface area contributed by atoms with Crippen LogP contribution in [0.5, 0.6) is 0 Å². The molecule has 4 amide bonds. The van der Waals surface area contributed by atoms with Gasteiger partial charge in [0.15, 0.2) is 0 Å². The molecule has 7 rings (SSSR count). The van der Waals surface area contributed by atoms with Crippen molar-refractivity contribution in [1.29, 1.82) is 0 Å². The number of allylic oxidation sites excluding steroid dienone is 2. The number of amides is 4. The van der Waals surface area contributed by atoms with E-state index >= 15 is 0 Å². The van der Waals surface area contributed by atoms with E-state index < -0.39 is 40.3 Å². The van der Waals surface area contributed by atoms with Crippen LogP contribution in [0.2, 0.25) is 0 Å². The number of benzene rings is 2. The van der Waals surface area contributed by atoms with E-state index in [9.17, 15) is 24.0 Å². The summed E-state index contributed by atoms with van der Waals surface area (Å²) in [7, 11) is 1.62. The van der Waals surface area contributed by atoms with Gasteiger partial charge in [-0.25, -0.2) is 5.43 Å². The van der Waals surface area contributed by atoms with Crippen molar-refractivity contribution in [2.75, 3.05) is 46.5 Å². The summed E-state index contributed by atoms with van der Waals surface area (Å²) < 4.78 is 15.2. The van der Waals surface area contributed by atoms with Crippen LogP contribution in [0.15, 0.2) is 78.5 Å². The highest BCUT2D eigenvalue weighted by Gasteiger charge is 2.47. The van der Waals surface area contributed by atoms with Crippen LogP contribution >= 0.6 is 0 Å². The predicted octanol–water partition coefficient (Wildman–Crippen LogP) is 7.09. The average Bonchev–Trinajstić information content (AvgIpc) is 4.09. The lowest BCUT2D eigenvalue weighted by atomic mass is 9.83. The molecule has 1 unspecified atom stereocenters. The molecule has 14 nitrogen and oxygen atoms in total. The van der Waals surface area contributed by atoms with Gasteiger partial charge in [-0.1, -0.05) is 77.3 Å². The predicted molar refractivity (Wildman–Crippen MR) is 271 cm³/mol. The lowest BCUT2D eigenvalue weighted by molar-refractivity contribution is -0.150. The van der Waals surface area contributed by atoms with Crippen molar-refractivity contribution in [1.82, 2.24) is 30.1 Å². The molecule has 3 fully saturated rings. The molecular formula is C55H73N7O7. The summed E-state index contributed by atoms with van der Waals surface area (Å²) in [6, 6.07) is 12.6. The second kappa shape index (κ2) is 21.1. The highest BCUT2D eigenvalue weighted by atomic mass is 16.5. The van der Waals surface area contributed by atoms with Gasteiger partial charge in [-0.15, -0.1) is 0 Å². The first kappa shape index (κ1) is 51.2. The van der Waals surface area contributed by atoms with Gasteiger partial charge in [0.1, 0.15) is 30.0 Å². The number of likely N-dealkylation sites (tertiary alicyclic amines) is 1. The minimum absolute atomic E-state index is 0.0274. The first-order chi connectivity index (χ1) is 32.9. The Bertz CT molecular complexity index is 2530. The SMILES string of the molecule is C=CC(=O)N1CCC(C)(C(=O)N(C)[C@H](C(=O)N[C@H]2Cc3cccc(c3)-c3ccc4c(c3)c(c(/C(C=C)=C(/N=C\C)[C@@H]3CCCO3)n4CC)CC(C)(C)COC[C@@]3(C=O)CCCN(N3)C2=O)C(C)C)C1. The van der Waals surface area contributed by atoms with Gasteiger partial charge in [0, 0.05) is 68.9 Å². The number of carbonyl (C=O) groups excluding carboxylic acids is 5. The minimum Gasteiger partial charge on any atom is -0.378 e. The molecule has 0 radical (unpaired) electrons. The van der Waals surface area contributed by atoms with E-state index in [0.29, 0.717) is 58.5 Å². The Labute approximate surface area is 408 Å². The van der Waals surface area contributed by atoms with Crippen LogP contribution in [0.1, 0.15) is 97.4 Å². The van der Waals surface area contributed by atoms with Gasteiger partial charge < -0.3 is 34.0 Å². The topological polar surface area (TPSA) is 155 Å². The molecule has 5 heterocycles. The normalized spacial score (nSPS) is 25.0. The molecule has 14 heteroatoms. The Morgan fingerprint density at radius 2 is 1.80 bits per heavy atom. The third-order valence-corrected chi connectivity index (χ3v) is 14.5. The van der Waals surface area contributed by atoms with Crippen LogP contribution in [-0.2, 0) is 52.8 Å². The van der Waals surface area contributed by atoms with Crippen LogP contribution in [0.3, 0.4) is 0 Å². The number of fused-ring (bicyclic) bond motifs is 6. The average molecular weight is 944 g/mol. The Morgan fingerprint density at radius 3 is 2.46 bits per heavy atom. The minimum atomic E-state index is -1.19. The maximum Gasteiger partial charge on any atom is 0.259 e. The lowest BCUT2D eigenvalue weighted by Crippen LogP contribution is -2.66. The van der Waals surface area contributed by atoms with Crippen molar-refractivity contribution in [2.24, 2.45) is 21.7 Å². The summed E-state index contributed by atoms with van der Waals surface area (Å²) in [5.41, 5.74) is 8.56. The van der Waals surface area contributed by atoms with Crippen LogP contribution in [0, 0.1) is 16.7 Å². The third kappa shape index (κ3) is 10.6. The molecule has 0 aliphatic carbocycles. The maximum absolute atomic E-state index is 14.9. The van der Waals surface area contributed by atoms with Gasteiger partial charge in [-0.2, -0.15) is 0 Å². The summed E-state index contributed by atoms with van der Waals surface area (Å²) in [6.45, 7) is 24.6. The molecule has 2 N–H and O–H groups in total. The van der Waals surface area contributed by atoms with Gasteiger partial charge in [0.2, 0.25) is 17.7 Å². The summed E-state index contributed by atoms with van der Waals surface area (Å²) in [6.07, 6.45) is 9.71. The number of hydrogen-bond acceptors (Lipinski definition) is 9. The maximum atomic E-state index is 14.9. The van der Waals surface area contributed by atoms with Crippen LogP contribution in [-0.4, -0.2) is 126 Å². The van der Waals surface area contributed by atoms with Gasteiger partial charge >= 0.3 is 0 Å². The van der Waals surface area contributed by atoms with Crippen molar-refractivity contribution >= 4 is 52.6 Å². The highest BCUT2D eigenvalue weighted by Crippen LogP contribution is 2.41. The standard InChI is InChI=1S/C55H73N7O7/c1-11-40(47(56-13-3)45-20-16-27-69-45)49-42-31-53(7,8)34-68-35-55(33-63)23-17-25-62(58-55)51(66)43(29-37-18-15-19-38(28-37)39-21-22-44(41(42)30-39)61(49)14-4)57-50(65)48(36(5)6)59(10)52(67)54(9)24-26-60(32-54)46(64)12-2/h11-13,15,18-19,21-22,28,30,33,36,43,45,48,58H,1-2,14,16-17,20,23-27,29,31-32,34-35H2,3-10H3,(H,57,65)/b47-40+,56-13-/t43-,45-,48-,54?,55-/m0/s1. The smallest absolute Gasteiger partial charge is 0.259 e. The molecular weight excluding hydrogens is 871 g/mol. The Kier molecular flexibility index (Phi) is 15.7. The zero-order chi connectivity index (χ0) is 49.8. The molecule has 0 saturated carbocycles. The first-order valence-electron chi connectivity index (χ1n) is 24.8. The molecule has 0 spiro atoms. The Hall–Kier alpha value is -5.70. The number of hydrogen-bond donors (Lipinski definition) is 2. The van der Waals surface area contributed by atoms with E-state index in [1.807, 2.05) is 52.1 Å². The van der Waals surface area contributed by atoms with Crippen molar-refractivity contribution in [2.45, 2.75) is 124 Å². The molecule has 6 bridgehead atoms. The highest BCUT2D eigenvalue weighted by molar-refractivity contribution is 5.97. The second-order valence-electron chi connectivity index (χ2n) is 20.9. The molecule has 4 aliphatic rings. The molecule has 370 valence electrons. The number of aldehydes is 1. The van der Waals surface area contributed by atoms with E-state index in [1.54, 1.807) is 11.9 Å². The molecule has 1 aromatic heterocycles. The zero-order valence-electron chi connectivity index (χ0n) is 42.1. The van der Waals surface area contributed by atoms with E-state index in [2.05, 4.69) is 79.6 Å². The molecule has 3 saturated heterocycles. The van der Waals surface area contributed by atoms with Crippen molar-refractivity contribution in [3.8, 4) is 11.1 Å². The Balaban J connectivity index is 1.32. The fourth-order valence-electron chi connectivity index (χ4n) is 11.1. The van der Waals surface area contributed by atoms with Crippen molar-refractivity contribution < 1.29 is 33.4 Å². The number of aromatic nitrogens is 1. The summed E-state index contributed by atoms with van der Waals surface area (Å²) >= 11 is 0. The third-order valence-electron chi connectivity index (χ3n) is 14.5. The molecule has 3 aromatic rings. The number of ether oxygens (including phenoxy) is 2. The quantitative estimate of drug-likeness (QED) is 0.0845. The van der Waals surface area contributed by atoms with E-state index in [1.165, 1.54) is 16.0 Å². The van der Waals surface area contributed by atoms with Crippen LogP contribution in [0.4, 0.5) is 0 Å². The van der Waals surface area contributed by atoms with Crippen molar-refractivity contribution in [3.05, 3.63) is 90.3 Å².